The van der Waals surface area contributed by atoms with Crippen LogP contribution >= 0.6 is 0 Å². The molecule has 0 spiro atoms. The van der Waals surface area contributed by atoms with Crippen LogP contribution in [0, 0.1) is 0 Å². The summed E-state index contributed by atoms with van der Waals surface area (Å²) in [6.07, 6.45) is 2.09. The van der Waals surface area contributed by atoms with E-state index in [2.05, 4.69) is 10.6 Å². The van der Waals surface area contributed by atoms with Gasteiger partial charge in [0.2, 0.25) is 0 Å². The third-order valence-electron chi connectivity index (χ3n) is 4.26. The number of aliphatic hydroxyl groups is 1. The van der Waals surface area contributed by atoms with Crippen LogP contribution < -0.4 is 10.6 Å². The fourth-order valence-corrected chi connectivity index (χ4v) is 2.13. The Morgan fingerprint density at radius 2 is 2.00 bits per heavy atom. The lowest BCUT2D eigenvalue weighted by Gasteiger charge is -2.38. The zero-order valence-electron chi connectivity index (χ0n) is 12.7. The molecule has 0 aliphatic carbocycles. The molecule has 1 aromatic rings. The quantitative estimate of drug-likeness (QED) is 0.794. The third kappa shape index (κ3) is 2.96. The summed E-state index contributed by atoms with van der Waals surface area (Å²) in [4.78, 5) is 12.4. The van der Waals surface area contributed by atoms with Crippen LogP contribution in [0.25, 0.3) is 0 Å². The molecule has 0 unspecified atom stereocenters. The molecule has 4 heteroatoms. The minimum absolute atomic E-state index is 0.148. The lowest BCUT2D eigenvalue weighted by atomic mass is 9.85. The van der Waals surface area contributed by atoms with E-state index in [4.69, 9.17) is 0 Å². The van der Waals surface area contributed by atoms with Crippen molar-refractivity contribution in [3.63, 3.8) is 0 Å². The highest BCUT2D eigenvalue weighted by Crippen LogP contribution is 2.24. The van der Waals surface area contributed by atoms with Crippen LogP contribution in [0.4, 0.5) is 5.69 Å². The second-order valence-corrected chi connectivity index (χ2v) is 6.54. The Labute approximate surface area is 120 Å². The van der Waals surface area contributed by atoms with Crippen molar-refractivity contribution < 1.29 is 9.90 Å². The molecule has 0 bridgehead atoms. The highest BCUT2D eigenvalue weighted by Gasteiger charge is 2.36. The number of benzene rings is 1. The molecule has 1 heterocycles. The SMILES string of the molecule is CC(C)(O)C(C)(C)NC(=O)c1ccc2c(c1)CCCN2. The largest absolute Gasteiger partial charge is 0.388 e. The van der Waals surface area contributed by atoms with Crippen molar-refractivity contribution in [2.24, 2.45) is 0 Å². The van der Waals surface area contributed by atoms with Crippen LogP contribution in [0.1, 0.15) is 50.0 Å². The highest BCUT2D eigenvalue weighted by molar-refractivity contribution is 5.95. The fraction of sp³-hybridized carbons (Fsp3) is 0.562. The molecule has 0 radical (unpaired) electrons. The van der Waals surface area contributed by atoms with Gasteiger partial charge in [-0.05, 0) is 64.3 Å². The van der Waals surface area contributed by atoms with Crippen molar-refractivity contribution in [1.29, 1.82) is 0 Å². The Hall–Kier alpha value is -1.55. The van der Waals surface area contributed by atoms with E-state index in [0.717, 1.165) is 25.1 Å². The molecule has 1 aromatic carbocycles. The molecule has 0 saturated heterocycles. The molecule has 3 N–H and O–H groups in total. The van der Waals surface area contributed by atoms with Gasteiger partial charge in [-0.25, -0.2) is 0 Å². The molecule has 1 aliphatic heterocycles. The van der Waals surface area contributed by atoms with Gasteiger partial charge in [-0.2, -0.15) is 0 Å². The number of rotatable bonds is 3. The van der Waals surface area contributed by atoms with Crippen LogP contribution in [0.3, 0.4) is 0 Å². The standard InChI is InChI=1S/C16H24N2O2/c1-15(2,16(3,4)20)18-14(19)12-7-8-13-11(10-12)6-5-9-17-13/h7-8,10,17,20H,5-6,9H2,1-4H3,(H,18,19). The number of fused-ring (bicyclic) bond motifs is 1. The molecule has 0 fully saturated rings. The average Bonchev–Trinajstić information content (AvgIpc) is 2.36. The molecule has 0 atom stereocenters. The monoisotopic (exact) mass is 276 g/mol. The summed E-state index contributed by atoms with van der Waals surface area (Å²) in [6, 6.07) is 5.73. The Morgan fingerprint density at radius 3 is 2.65 bits per heavy atom. The van der Waals surface area contributed by atoms with E-state index in [0.29, 0.717) is 5.56 Å². The number of anilines is 1. The van der Waals surface area contributed by atoms with E-state index in [-0.39, 0.29) is 5.91 Å². The number of amides is 1. The van der Waals surface area contributed by atoms with Gasteiger partial charge in [-0.3, -0.25) is 4.79 Å². The normalized spacial score (nSPS) is 15.2. The molecule has 110 valence electrons. The maximum Gasteiger partial charge on any atom is 0.251 e. The van der Waals surface area contributed by atoms with E-state index in [1.54, 1.807) is 13.8 Å². The summed E-state index contributed by atoms with van der Waals surface area (Å²) in [5.74, 6) is -0.148. The van der Waals surface area contributed by atoms with Crippen LogP contribution in [-0.4, -0.2) is 28.7 Å². The predicted molar refractivity (Wildman–Crippen MR) is 81.1 cm³/mol. The van der Waals surface area contributed by atoms with Crippen molar-refractivity contribution in [2.75, 3.05) is 11.9 Å². The van der Waals surface area contributed by atoms with E-state index in [1.807, 2.05) is 32.0 Å². The number of carbonyl (C=O) groups is 1. The topological polar surface area (TPSA) is 61.4 Å². The minimum Gasteiger partial charge on any atom is -0.388 e. The second-order valence-electron chi connectivity index (χ2n) is 6.54. The number of aryl methyl sites for hydroxylation is 1. The Bertz CT molecular complexity index is 516. The zero-order valence-corrected chi connectivity index (χ0v) is 12.7. The van der Waals surface area contributed by atoms with Gasteiger partial charge >= 0.3 is 0 Å². The molecule has 2 rings (SSSR count). The number of hydrogen-bond acceptors (Lipinski definition) is 3. The summed E-state index contributed by atoms with van der Waals surface area (Å²) in [5.41, 5.74) is 1.26. The molecule has 0 aromatic heterocycles. The highest BCUT2D eigenvalue weighted by atomic mass is 16.3. The Kier molecular flexibility index (Phi) is 3.78. The first-order chi connectivity index (χ1) is 9.21. The van der Waals surface area contributed by atoms with Gasteiger partial charge in [0.25, 0.3) is 5.91 Å². The van der Waals surface area contributed by atoms with Gasteiger partial charge in [0.1, 0.15) is 0 Å². The van der Waals surface area contributed by atoms with Crippen molar-refractivity contribution >= 4 is 11.6 Å². The van der Waals surface area contributed by atoms with Gasteiger partial charge < -0.3 is 15.7 Å². The molecule has 1 amide bonds. The summed E-state index contributed by atoms with van der Waals surface area (Å²) in [5, 5.41) is 16.3. The minimum atomic E-state index is -0.988. The van der Waals surface area contributed by atoms with Crippen molar-refractivity contribution in [1.82, 2.24) is 5.32 Å². The van der Waals surface area contributed by atoms with Crippen molar-refractivity contribution in [3.8, 4) is 0 Å². The molecule has 20 heavy (non-hydrogen) atoms. The maximum atomic E-state index is 12.4. The first-order valence-corrected chi connectivity index (χ1v) is 7.12. The smallest absolute Gasteiger partial charge is 0.251 e. The van der Waals surface area contributed by atoms with Crippen LogP contribution in [0.2, 0.25) is 0 Å². The number of nitrogens with one attached hydrogen (secondary N) is 2. The molecule has 0 saturated carbocycles. The Balaban J connectivity index is 2.18. The lowest BCUT2D eigenvalue weighted by molar-refractivity contribution is -0.00292. The van der Waals surface area contributed by atoms with Crippen molar-refractivity contribution in [3.05, 3.63) is 29.3 Å². The molecule has 1 aliphatic rings. The third-order valence-corrected chi connectivity index (χ3v) is 4.26. The average molecular weight is 276 g/mol. The molecule has 4 nitrogen and oxygen atoms in total. The van der Waals surface area contributed by atoms with E-state index in [9.17, 15) is 9.90 Å². The second kappa shape index (κ2) is 5.09. The summed E-state index contributed by atoms with van der Waals surface area (Å²) < 4.78 is 0. The first-order valence-electron chi connectivity index (χ1n) is 7.12. The van der Waals surface area contributed by atoms with Gasteiger partial charge in [0.05, 0.1) is 11.1 Å². The van der Waals surface area contributed by atoms with Gasteiger partial charge in [-0.1, -0.05) is 0 Å². The van der Waals surface area contributed by atoms with Crippen LogP contribution in [-0.2, 0) is 6.42 Å². The molecular weight excluding hydrogens is 252 g/mol. The van der Waals surface area contributed by atoms with Crippen LogP contribution in [0.5, 0.6) is 0 Å². The molecular formula is C16H24N2O2. The first kappa shape index (κ1) is 14.9. The maximum absolute atomic E-state index is 12.4. The van der Waals surface area contributed by atoms with Gasteiger partial charge in [0, 0.05) is 17.8 Å². The summed E-state index contributed by atoms with van der Waals surface area (Å²) >= 11 is 0. The Morgan fingerprint density at radius 1 is 1.30 bits per heavy atom. The predicted octanol–water partition coefficient (Wildman–Crippen LogP) is 2.32. The summed E-state index contributed by atoms with van der Waals surface area (Å²) in [6.45, 7) is 8.04. The number of hydrogen-bond donors (Lipinski definition) is 3. The van der Waals surface area contributed by atoms with E-state index < -0.39 is 11.1 Å². The zero-order chi connectivity index (χ0) is 15.0. The van der Waals surface area contributed by atoms with E-state index >= 15 is 0 Å². The van der Waals surface area contributed by atoms with Crippen LogP contribution in [0.15, 0.2) is 18.2 Å². The fourth-order valence-electron chi connectivity index (χ4n) is 2.13. The van der Waals surface area contributed by atoms with Crippen molar-refractivity contribution in [2.45, 2.75) is 51.7 Å². The van der Waals surface area contributed by atoms with Gasteiger partial charge in [-0.15, -0.1) is 0 Å². The van der Waals surface area contributed by atoms with Gasteiger partial charge in [0.15, 0.2) is 0 Å². The lowest BCUT2D eigenvalue weighted by Crippen LogP contribution is -2.57. The van der Waals surface area contributed by atoms with E-state index in [1.165, 1.54) is 5.56 Å². The number of carbonyl (C=O) groups excluding carboxylic acids is 1. The summed E-state index contributed by atoms with van der Waals surface area (Å²) in [7, 11) is 0.